The number of hydrogen-bond donors (Lipinski definition) is 0. The Morgan fingerprint density at radius 2 is 1.48 bits per heavy atom. The first-order valence-corrected chi connectivity index (χ1v) is 7.31. The van der Waals surface area contributed by atoms with Gasteiger partial charge >= 0.3 is 0 Å². The number of amides is 1. The van der Waals surface area contributed by atoms with Crippen molar-refractivity contribution in [3.8, 4) is 5.75 Å². The van der Waals surface area contributed by atoms with E-state index in [-0.39, 0.29) is 12.5 Å². The summed E-state index contributed by atoms with van der Waals surface area (Å²) in [5, 5.41) is 0. The van der Waals surface area contributed by atoms with Crippen LogP contribution in [0, 0.1) is 0 Å². The number of carbonyl (C=O) groups excluding carboxylic acids is 1. The van der Waals surface area contributed by atoms with E-state index in [1.54, 1.807) is 29.6 Å². The molecule has 0 N–H and O–H groups in total. The molecule has 0 fully saturated rings. The zero-order valence-electron chi connectivity index (χ0n) is 12.6. The minimum absolute atomic E-state index is 0.0363. The van der Waals surface area contributed by atoms with Crippen molar-refractivity contribution in [2.75, 3.05) is 6.61 Å². The van der Waals surface area contributed by atoms with Gasteiger partial charge in [0.25, 0.3) is 5.91 Å². The fraction of sp³-hybridized carbons (Fsp3) is 0.167. The van der Waals surface area contributed by atoms with Gasteiger partial charge in [-0.1, -0.05) is 18.2 Å². The first-order valence-electron chi connectivity index (χ1n) is 7.31. The van der Waals surface area contributed by atoms with Crippen LogP contribution < -0.4 is 4.74 Å². The van der Waals surface area contributed by atoms with Crippen LogP contribution in [0.1, 0.15) is 11.5 Å². The standard InChI is InChI=1S/C18H17NO4/c20-18(14-23-15-6-2-1-3-7-15)19(12-16-8-4-10-21-16)13-17-9-5-11-22-17/h1-11H,12-14H2. The second kappa shape index (κ2) is 7.35. The molecule has 5 nitrogen and oxygen atoms in total. The third kappa shape index (κ3) is 4.26. The van der Waals surface area contributed by atoms with Crippen LogP contribution in [-0.2, 0) is 17.9 Å². The molecule has 0 bridgehead atoms. The van der Waals surface area contributed by atoms with E-state index in [0.717, 1.165) is 0 Å². The molecule has 0 saturated carbocycles. The maximum atomic E-state index is 12.5. The fourth-order valence-electron chi connectivity index (χ4n) is 2.17. The van der Waals surface area contributed by atoms with E-state index in [4.69, 9.17) is 13.6 Å². The summed E-state index contributed by atoms with van der Waals surface area (Å²) < 4.78 is 16.2. The molecule has 118 valence electrons. The zero-order chi connectivity index (χ0) is 15.9. The van der Waals surface area contributed by atoms with Crippen molar-refractivity contribution in [2.24, 2.45) is 0 Å². The number of nitrogens with zero attached hydrogens (tertiary/aromatic N) is 1. The molecule has 0 aliphatic carbocycles. The predicted octanol–water partition coefficient (Wildman–Crippen LogP) is 3.48. The van der Waals surface area contributed by atoms with Crippen LogP contribution in [0.4, 0.5) is 0 Å². The van der Waals surface area contributed by atoms with Crippen LogP contribution in [0.3, 0.4) is 0 Å². The second-order valence-corrected chi connectivity index (χ2v) is 5.01. The molecular weight excluding hydrogens is 294 g/mol. The van der Waals surface area contributed by atoms with E-state index >= 15 is 0 Å². The summed E-state index contributed by atoms with van der Waals surface area (Å²) in [5.41, 5.74) is 0. The number of hydrogen-bond acceptors (Lipinski definition) is 4. The van der Waals surface area contributed by atoms with Gasteiger partial charge in [0, 0.05) is 0 Å². The quantitative estimate of drug-likeness (QED) is 0.670. The van der Waals surface area contributed by atoms with Crippen LogP contribution in [0.15, 0.2) is 76.0 Å². The number of furan rings is 2. The van der Waals surface area contributed by atoms with Crippen LogP contribution >= 0.6 is 0 Å². The summed E-state index contributed by atoms with van der Waals surface area (Å²) in [4.78, 5) is 14.1. The molecular formula is C18H17NO4. The van der Waals surface area contributed by atoms with E-state index in [2.05, 4.69) is 0 Å². The number of para-hydroxylation sites is 1. The summed E-state index contributed by atoms with van der Waals surface area (Å²) in [6.45, 7) is 0.695. The molecule has 3 aromatic rings. The lowest BCUT2D eigenvalue weighted by molar-refractivity contribution is -0.135. The Morgan fingerprint density at radius 1 is 0.870 bits per heavy atom. The smallest absolute Gasteiger partial charge is 0.261 e. The highest BCUT2D eigenvalue weighted by atomic mass is 16.5. The molecule has 2 aromatic heterocycles. The highest BCUT2D eigenvalue weighted by molar-refractivity contribution is 5.77. The van der Waals surface area contributed by atoms with Gasteiger partial charge in [-0.3, -0.25) is 4.79 Å². The van der Waals surface area contributed by atoms with Gasteiger partial charge in [0.05, 0.1) is 25.6 Å². The first-order chi connectivity index (χ1) is 11.3. The third-order valence-electron chi connectivity index (χ3n) is 3.31. The van der Waals surface area contributed by atoms with Crippen molar-refractivity contribution in [1.29, 1.82) is 0 Å². The van der Waals surface area contributed by atoms with Crippen LogP contribution in [0.5, 0.6) is 5.75 Å². The van der Waals surface area contributed by atoms with Crippen molar-refractivity contribution in [3.63, 3.8) is 0 Å². The highest BCUT2D eigenvalue weighted by Gasteiger charge is 2.17. The lowest BCUT2D eigenvalue weighted by Crippen LogP contribution is -2.33. The Morgan fingerprint density at radius 3 is 2.00 bits per heavy atom. The molecule has 5 heteroatoms. The number of ether oxygens (including phenoxy) is 1. The topological polar surface area (TPSA) is 55.8 Å². The van der Waals surface area contributed by atoms with Crippen LogP contribution in [-0.4, -0.2) is 17.4 Å². The SMILES string of the molecule is O=C(COc1ccccc1)N(Cc1ccco1)Cc1ccco1. The molecule has 0 atom stereocenters. The van der Waals surface area contributed by atoms with Crippen LogP contribution in [0.25, 0.3) is 0 Å². The predicted molar refractivity (Wildman–Crippen MR) is 83.6 cm³/mol. The largest absolute Gasteiger partial charge is 0.484 e. The summed E-state index contributed by atoms with van der Waals surface area (Å²) in [5.74, 6) is 1.95. The highest BCUT2D eigenvalue weighted by Crippen LogP contribution is 2.13. The van der Waals surface area contributed by atoms with Crippen molar-refractivity contribution < 1.29 is 18.4 Å². The molecule has 23 heavy (non-hydrogen) atoms. The minimum Gasteiger partial charge on any atom is -0.484 e. The molecule has 2 heterocycles. The number of benzene rings is 1. The molecule has 1 amide bonds. The normalized spacial score (nSPS) is 10.4. The summed E-state index contributed by atoms with van der Waals surface area (Å²) in [6.07, 6.45) is 3.18. The van der Waals surface area contributed by atoms with Gasteiger partial charge in [-0.2, -0.15) is 0 Å². The van der Waals surface area contributed by atoms with E-state index in [9.17, 15) is 4.79 Å². The van der Waals surface area contributed by atoms with Gasteiger partial charge in [-0.15, -0.1) is 0 Å². The van der Waals surface area contributed by atoms with E-state index in [0.29, 0.717) is 30.4 Å². The number of carbonyl (C=O) groups is 1. The van der Waals surface area contributed by atoms with Crippen molar-refractivity contribution in [3.05, 3.63) is 78.6 Å². The molecule has 3 rings (SSSR count). The lowest BCUT2D eigenvalue weighted by Gasteiger charge is -2.20. The van der Waals surface area contributed by atoms with E-state index in [1.165, 1.54) is 0 Å². The molecule has 0 aliphatic rings. The lowest BCUT2D eigenvalue weighted by atomic mass is 10.3. The fourth-order valence-corrected chi connectivity index (χ4v) is 2.17. The average molecular weight is 311 g/mol. The van der Waals surface area contributed by atoms with Crippen molar-refractivity contribution >= 4 is 5.91 Å². The minimum atomic E-state index is -0.137. The first kappa shape index (κ1) is 15.0. The van der Waals surface area contributed by atoms with Crippen molar-refractivity contribution in [2.45, 2.75) is 13.1 Å². The summed E-state index contributed by atoms with van der Waals surface area (Å²) in [6, 6.07) is 16.5. The van der Waals surface area contributed by atoms with Crippen molar-refractivity contribution in [1.82, 2.24) is 4.90 Å². The van der Waals surface area contributed by atoms with E-state index < -0.39 is 0 Å². The van der Waals surface area contributed by atoms with Gasteiger partial charge in [0.1, 0.15) is 17.3 Å². The van der Waals surface area contributed by atoms with Gasteiger partial charge < -0.3 is 18.5 Å². The van der Waals surface area contributed by atoms with Gasteiger partial charge in [-0.25, -0.2) is 0 Å². The van der Waals surface area contributed by atoms with Gasteiger partial charge in [-0.05, 0) is 36.4 Å². The Balaban J connectivity index is 1.65. The Bertz CT molecular complexity index is 669. The molecule has 0 aliphatic heterocycles. The molecule has 0 saturated heterocycles. The molecule has 0 unspecified atom stereocenters. The van der Waals surface area contributed by atoms with Gasteiger partial charge in [0.15, 0.2) is 6.61 Å². The third-order valence-corrected chi connectivity index (χ3v) is 3.31. The van der Waals surface area contributed by atoms with Gasteiger partial charge in [0.2, 0.25) is 0 Å². The Hall–Kier alpha value is -2.95. The van der Waals surface area contributed by atoms with E-state index in [1.807, 2.05) is 42.5 Å². The number of rotatable bonds is 7. The molecule has 0 radical (unpaired) electrons. The van der Waals surface area contributed by atoms with Crippen LogP contribution in [0.2, 0.25) is 0 Å². The zero-order valence-corrected chi connectivity index (χ0v) is 12.6. The Labute approximate surface area is 134 Å². The maximum Gasteiger partial charge on any atom is 0.261 e. The molecule has 0 spiro atoms. The average Bonchev–Trinajstić information content (AvgIpc) is 3.27. The second-order valence-electron chi connectivity index (χ2n) is 5.01. The Kier molecular flexibility index (Phi) is 4.79. The maximum absolute atomic E-state index is 12.5. The monoisotopic (exact) mass is 311 g/mol. The molecule has 1 aromatic carbocycles. The summed E-state index contributed by atoms with van der Waals surface area (Å²) >= 11 is 0. The summed E-state index contributed by atoms with van der Waals surface area (Å²) in [7, 11) is 0.